The van der Waals surface area contributed by atoms with Gasteiger partial charge in [-0.15, -0.1) is 0 Å². The molecule has 0 aliphatic carbocycles. The lowest BCUT2D eigenvalue weighted by atomic mass is 9.92. The van der Waals surface area contributed by atoms with Crippen LogP contribution in [-0.2, 0) is 11.2 Å². The molecule has 0 atom stereocenters. The van der Waals surface area contributed by atoms with Crippen molar-refractivity contribution >= 4 is 0 Å². The molecule has 0 saturated carbocycles. The van der Waals surface area contributed by atoms with Gasteiger partial charge in [0.15, 0.2) is 0 Å². The molecule has 2 rings (SSSR count). The molecule has 0 radical (unpaired) electrons. The third-order valence-corrected chi connectivity index (χ3v) is 3.11. The van der Waals surface area contributed by atoms with Crippen LogP contribution < -0.4 is 5.73 Å². The summed E-state index contributed by atoms with van der Waals surface area (Å²) in [6, 6.07) is 0. The van der Waals surface area contributed by atoms with E-state index in [9.17, 15) is 0 Å². The Morgan fingerprint density at radius 1 is 1.47 bits per heavy atom. The second-order valence-electron chi connectivity index (χ2n) is 4.14. The van der Waals surface area contributed by atoms with E-state index in [2.05, 4.69) is 17.1 Å². The minimum atomic E-state index is 0.560. The highest BCUT2D eigenvalue weighted by atomic mass is 16.5. The molecular formula is C11H19N3O. The number of aromatic amines is 1. The van der Waals surface area contributed by atoms with Gasteiger partial charge < -0.3 is 10.5 Å². The molecule has 1 saturated heterocycles. The molecule has 0 unspecified atom stereocenters. The van der Waals surface area contributed by atoms with Crippen LogP contribution in [0, 0.1) is 6.92 Å². The summed E-state index contributed by atoms with van der Waals surface area (Å²) in [4.78, 5) is 0. The van der Waals surface area contributed by atoms with E-state index >= 15 is 0 Å². The first-order chi connectivity index (χ1) is 7.33. The SMILES string of the molecule is Cc1[nH]nc(C2CCOCC2)c1CCN. The molecule has 4 nitrogen and oxygen atoms in total. The second kappa shape index (κ2) is 4.77. The van der Waals surface area contributed by atoms with Gasteiger partial charge in [-0.25, -0.2) is 0 Å². The lowest BCUT2D eigenvalue weighted by molar-refractivity contribution is 0.0843. The van der Waals surface area contributed by atoms with Crippen LogP contribution in [0.4, 0.5) is 0 Å². The fourth-order valence-electron chi connectivity index (χ4n) is 2.24. The first-order valence-electron chi connectivity index (χ1n) is 5.64. The molecule has 1 aromatic rings. The van der Waals surface area contributed by atoms with Gasteiger partial charge in [-0.3, -0.25) is 5.10 Å². The van der Waals surface area contributed by atoms with Crippen molar-refractivity contribution in [3.8, 4) is 0 Å². The average molecular weight is 209 g/mol. The summed E-state index contributed by atoms with van der Waals surface area (Å²) in [5.74, 6) is 0.560. The number of ether oxygens (including phenoxy) is 1. The Morgan fingerprint density at radius 3 is 2.87 bits per heavy atom. The number of aromatic nitrogens is 2. The molecular weight excluding hydrogens is 190 g/mol. The third-order valence-electron chi connectivity index (χ3n) is 3.11. The molecule has 0 aromatic carbocycles. The number of hydrogen-bond donors (Lipinski definition) is 2. The van der Waals surface area contributed by atoms with E-state index < -0.39 is 0 Å². The van der Waals surface area contributed by atoms with E-state index in [0.717, 1.165) is 32.5 Å². The molecule has 1 fully saturated rings. The Balaban J connectivity index is 2.18. The van der Waals surface area contributed by atoms with Crippen molar-refractivity contribution in [2.75, 3.05) is 19.8 Å². The average Bonchev–Trinajstić information content (AvgIpc) is 2.63. The van der Waals surface area contributed by atoms with Crippen molar-refractivity contribution in [2.24, 2.45) is 5.73 Å². The third kappa shape index (κ3) is 2.21. The van der Waals surface area contributed by atoms with Crippen molar-refractivity contribution in [3.63, 3.8) is 0 Å². The lowest BCUT2D eigenvalue weighted by Gasteiger charge is -2.21. The van der Waals surface area contributed by atoms with Crippen molar-refractivity contribution in [1.29, 1.82) is 0 Å². The summed E-state index contributed by atoms with van der Waals surface area (Å²) in [7, 11) is 0. The number of nitrogens with two attached hydrogens (primary N) is 1. The first-order valence-corrected chi connectivity index (χ1v) is 5.64. The summed E-state index contributed by atoms with van der Waals surface area (Å²) >= 11 is 0. The number of rotatable bonds is 3. The number of aryl methyl sites for hydroxylation is 1. The number of nitrogens with zero attached hydrogens (tertiary/aromatic N) is 1. The normalized spacial score (nSPS) is 18.3. The highest BCUT2D eigenvalue weighted by Gasteiger charge is 2.22. The van der Waals surface area contributed by atoms with Gasteiger partial charge in [0.1, 0.15) is 0 Å². The van der Waals surface area contributed by atoms with Crippen molar-refractivity contribution in [2.45, 2.75) is 32.1 Å². The standard InChI is InChI=1S/C11H19N3O/c1-8-10(2-5-12)11(14-13-8)9-3-6-15-7-4-9/h9H,2-7,12H2,1H3,(H,13,14). The van der Waals surface area contributed by atoms with Crippen LogP contribution in [0.5, 0.6) is 0 Å². The van der Waals surface area contributed by atoms with Gasteiger partial charge in [-0.2, -0.15) is 5.10 Å². The topological polar surface area (TPSA) is 63.9 Å². The summed E-state index contributed by atoms with van der Waals surface area (Å²) in [5.41, 5.74) is 9.34. The summed E-state index contributed by atoms with van der Waals surface area (Å²) in [6.45, 7) is 4.48. The van der Waals surface area contributed by atoms with Crippen LogP contribution in [0.3, 0.4) is 0 Å². The predicted molar refractivity (Wildman–Crippen MR) is 58.9 cm³/mol. The molecule has 2 heterocycles. The zero-order valence-electron chi connectivity index (χ0n) is 9.25. The highest BCUT2D eigenvalue weighted by Crippen LogP contribution is 2.29. The molecule has 3 N–H and O–H groups in total. The number of H-pyrrole nitrogens is 1. The Bertz CT molecular complexity index is 316. The largest absolute Gasteiger partial charge is 0.381 e. The van der Waals surface area contributed by atoms with Gasteiger partial charge in [0.05, 0.1) is 5.69 Å². The highest BCUT2D eigenvalue weighted by molar-refractivity contribution is 5.28. The van der Waals surface area contributed by atoms with Crippen molar-refractivity contribution in [1.82, 2.24) is 10.2 Å². The van der Waals surface area contributed by atoms with Gasteiger partial charge in [-0.1, -0.05) is 0 Å². The zero-order chi connectivity index (χ0) is 10.7. The zero-order valence-corrected chi connectivity index (χ0v) is 9.25. The van der Waals surface area contributed by atoms with E-state index in [1.165, 1.54) is 17.0 Å². The van der Waals surface area contributed by atoms with E-state index in [0.29, 0.717) is 12.5 Å². The molecule has 1 aliphatic heterocycles. The minimum Gasteiger partial charge on any atom is -0.381 e. The summed E-state index contributed by atoms with van der Waals surface area (Å²) in [5, 5.41) is 7.49. The van der Waals surface area contributed by atoms with Crippen LogP contribution in [0.2, 0.25) is 0 Å². The molecule has 84 valence electrons. The van der Waals surface area contributed by atoms with Crippen molar-refractivity contribution in [3.05, 3.63) is 17.0 Å². The minimum absolute atomic E-state index is 0.560. The van der Waals surface area contributed by atoms with Gasteiger partial charge in [-0.05, 0) is 38.3 Å². The number of nitrogens with one attached hydrogen (secondary N) is 1. The second-order valence-corrected chi connectivity index (χ2v) is 4.14. The van der Waals surface area contributed by atoms with Crippen LogP contribution in [0.15, 0.2) is 0 Å². The maximum absolute atomic E-state index is 5.62. The van der Waals surface area contributed by atoms with Crippen LogP contribution in [-0.4, -0.2) is 30.0 Å². The predicted octanol–water partition coefficient (Wildman–Crippen LogP) is 1.11. The Kier molecular flexibility index (Phi) is 3.38. The molecule has 0 bridgehead atoms. The lowest BCUT2D eigenvalue weighted by Crippen LogP contribution is -2.16. The van der Waals surface area contributed by atoms with E-state index in [4.69, 9.17) is 10.5 Å². The Hall–Kier alpha value is -0.870. The summed E-state index contributed by atoms with van der Waals surface area (Å²) in [6.07, 6.45) is 3.10. The van der Waals surface area contributed by atoms with Crippen LogP contribution in [0.25, 0.3) is 0 Å². The Morgan fingerprint density at radius 2 is 2.20 bits per heavy atom. The van der Waals surface area contributed by atoms with Gasteiger partial charge in [0, 0.05) is 24.8 Å². The summed E-state index contributed by atoms with van der Waals surface area (Å²) < 4.78 is 5.37. The van der Waals surface area contributed by atoms with Crippen LogP contribution in [0.1, 0.15) is 35.7 Å². The first kappa shape index (κ1) is 10.6. The quantitative estimate of drug-likeness (QED) is 0.784. The van der Waals surface area contributed by atoms with E-state index in [1.807, 2.05) is 0 Å². The number of hydrogen-bond acceptors (Lipinski definition) is 3. The molecule has 15 heavy (non-hydrogen) atoms. The molecule has 4 heteroatoms. The molecule has 1 aliphatic rings. The van der Waals surface area contributed by atoms with E-state index in [1.54, 1.807) is 0 Å². The molecule has 0 amide bonds. The molecule has 0 spiro atoms. The van der Waals surface area contributed by atoms with Crippen LogP contribution >= 0.6 is 0 Å². The maximum atomic E-state index is 5.62. The molecule has 1 aromatic heterocycles. The fraction of sp³-hybridized carbons (Fsp3) is 0.727. The maximum Gasteiger partial charge on any atom is 0.0689 e. The van der Waals surface area contributed by atoms with E-state index in [-0.39, 0.29) is 0 Å². The van der Waals surface area contributed by atoms with Gasteiger partial charge in [0.25, 0.3) is 0 Å². The monoisotopic (exact) mass is 209 g/mol. The van der Waals surface area contributed by atoms with Gasteiger partial charge >= 0.3 is 0 Å². The fourth-order valence-corrected chi connectivity index (χ4v) is 2.24. The Labute approximate surface area is 90.2 Å². The smallest absolute Gasteiger partial charge is 0.0689 e. The van der Waals surface area contributed by atoms with Crippen molar-refractivity contribution < 1.29 is 4.74 Å². The van der Waals surface area contributed by atoms with Gasteiger partial charge in [0.2, 0.25) is 0 Å².